The van der Waals surface area contributed by atoms with Gasteiger partial charge in [-0.1, -0.05) is 11.6 Å². The third-order valence-corrected chi connectivity index (χ3v) is 2.43. The van der Waals surface area contributed by atoms with Gasteiger partial charge in [-0.15, -0.1) is 0 Å². The van der Waals surface area contributed by atoms with Gasteiger partial charge in [0.1, 0.15) is 6.61 Å². The van der Waals surface area contributed by atoms with Gasteiger partial charge in [0, 0.05) is 27.4 Å². The van der Waals surface area contributed by atoms with Crippen LogP contribution in [0.15, 0.2) is 0 Å². The number of hydrogen-bond donors (Lipinski definition) is 1. The number of methoxy groups -OCH3 is 2. The first-order valence-electron chi connectivity index (χ1n) is 5.52. The molecular weight excluding hydrogens is 276 g/mol. The van der Waals surface area contributed by atoms with E-state index in [1.165, 1.54) is 7.11 Å². The van der Waals surface area contributed by atoms with Crippen molar-refractivity contribution in [2.24, 2.45) is 0 Å². The van der Waals surface area contributed by atoms with Crippen LogP contribution < -0.4 is 5.32 Å². The Morgan fingerprint density at radius 2 is 2.11 bits per heavy atom. The summed E-state index contributed by atoms with van der Waals surface area (Å²) in [5.41, 5.74) is -0.334. The van der Waals surface area contributed by atoms with Crippen molar-refractivity contribution in [3.05, 3.63) is 21.1 Å². The number of hydrogen-bond acceptors (Lipinski definition) is 7. The molecular formula is C10H15ClN4O4. The summed E-state index contributed by atoms with van der Waals surface area (Å²) in [5, 5.41) is 13.6. The molecule has 1 rings (SSSR count). The summed E-state index contributed by atoms with van der Waals surface area (Å²) in [6.07, 6.45) is 0.689. The van der Waals surface area contributed by atoms with E-state index in [0.29, 0.717) is 19.6 Å². The van der Waals surface area contributed by atoms with Gasteiger partial charge in [-0.3, -0.25) is 10.1 Å². The van der Waals surface area contributed by atoms with Gasteiger partial charge in [0.05, 0.1) is 4.92 Å². The molecule has 0 aliphatic heterocycles. The first-order chi connectivity index (χ1) is 9.10. The van der Waals surface area contributed by atoms with Gasteiger partial charge in [0.2, 0.25) is 11.0 Å². The van der Waals surface area contributed by atoms with Gasteiger partial charge in [0.15, 0.2) is 5.82 Å². The highest BCUT2D eigenvalue weighted by Gasteiger charge is 2.23. The van der Waals surface area contributed by atoms with E-state index >= 15 is 0 Å². The van der Waals surface area contributed by atoms with Gasteiger partial charge in [0.25, 0.3) is 0 Å². The van der Waals surface area contributed by atoms with E-state index in [4.69, 9.17) is 21.1 Å². The summed E-state index contributed by atoms with van der Waals surface area (Å²) in [7, 11) is 3.06. The summed E-state index contributed by atoms with van der Waals surface area (Å²) in [5.74, 6) is 0.375. The Kier molecular flexibility index (Phi) is 6.40. The van der Waals surface area contributed by atoms with E-state index in [9.17, 15) is 10.1 Å². The fourth-order valence-corrected chi connectivity index (χ4v) is 1.63. The second kappa shape index (κ2) is 7.82. The minimum absolute atomic E-state index is 0.0909. The van der Waals surface area contributed by atoms with Crippen LogP contribution in [0, 0.1) is 10.1 Å². The molecule has 8 nitrogen and oxygen atoms in total. The molecule has 0 saturated carbocycles. The Balaban J connectivity index is 2.92. The minimum Gasteiger partial charge on any atom is -0.385 e. The second-order valence-corrected chi connectivity index (χ2v) is 3.95. The van der Waals surface area contributed by atoms with Gasteiger partial charge in [-0.2, -0.15) is 0 Å². The molecule has 9 heteroatoms. The quantitative estimate of drug-likeness (QED) is 0.336. The smallest absolute Gasteiger partial charge is 0.348 e. The fraction of sp³-hybridized carbons (Fsp3) is 0.600. The van der Waals surface area contributed by atoms with E-state index in [0.717, 1.165) is 0 Å². The zero-order valence-electron chi connectivity index (χ0n) is 10.7. The lowest BCUT2D eigenvalue weighted by Crippen LogP contribution is -2.11. The predicted octanol–water partition coefficient (Wildman–Crippen LogP) is 1.63. The Bertz CT molecular complexity index is 444. The molecule has 106 valence electrons. The topological polar surface area (TPSA) is 99.4 Å². The van der Waals surface area contributed by atoms with Crippen molar-refractivity contribution in [3.63, 3.8) is 0 Å². The molecule has 19 heavy (non-hydrogen) atoms. The number of halogens is 1. The molecule has 0 atom stereocenters. The number of aromatic nitrogens is 2. The fourth-order valence-electron chi connectivity index (χ4n) is 1.37. The summed E-state index contributed by atoms with van der Waals surface area (Å²) in [6.45, 7) is 1.16. The number of anilines is 1. The van der Waals surface area contributed by atoms with Crippen molar-refractivity contribution in [1.29, 1.82) is 0 Å². The average Bonchev–Trinajstić information content (AvgIpc) is 2.34. The molecule has 0 spiro atoms. The zero-order valence-corrected chi connectivity index (χ0v) is 11.4. The molecule has 1 N–H and O–H groups in total. The number of nitro groups is 1. The third-order valence-electron chi connectivity index (χ3n) is 2.16. The highest BCUT2D eigenvalue weighted by Crippen LogP contribution is 2.29. The second-order valence-electron chi connectivity index (χ2n) is 3.59. The largest absolute Gasteiger partial charge is 0.385 e. The van der Waals surface area contributed by atoms with Crippen molar-refractivity contribution in [1.82, 2.24) is 9.97 Å². The van der Waals surface area contributed by atoms with Crippen LogP contribution in [0.5, 0.6) is 0 Å². The van der Waals surface area contributed by atoms with Crippen LogP contribution in [-0.4, -0.2) is 42.3 Å². The lowest BCUT2D eigenvalue weighted by Gasteiger charge is -2.08. The molecule has 1 heterocycles. The van der Waals surface area contributed by atoms with E-state index in [1.807, 2.05) is 0 Å². The monoisotopic (exact) mass is 290 g/mol. The van der Waals surface area contributed by atoms with Crippen LogP contribution >= 0.6 is 11.6 Å². The summed E-state index contributed by atoms with van der Waals surface area (Å²) in [6, 6.07) is 0. The first kappa shape index (κ1) is 15.5. The van der Waals surface area contributed by atoms with Crippen LogP contribution in [0.4, 0.5) is 11.5 Å². The van der Waals surface area contributed by atoms with E-state index < -0.39 is 4.92 Å². The Morgan fingerprint density at radius 3 is 2.68 bits per heavy atom. The van der Waals surface area contributed by atoms with Gasteiger partial charge in [-0.05, 0) is 6.42 Å². The van der Waals surface area contributed by atoms with E-state index in [-0.39, 0.29) is 29.1 Å². The number of nitrogens with one attached hydrogen (secondary N) is 1. The standard InChI is InChI=1S/C10H15ClN4O4/c1-18-5-3-4-12-10-8(15(16)17)9(11)13-7(14-10)6-19-2/h3-6H2,1-2H3,(H,12,13,14). The molecule has 0 aromatic carbocycles. The highest BCUT2D eigenvalue weighted by molar-refractivity contribution is 6.31. The van der Waals surface area contributed by atoms with Crippen molar-refractivity contribution < 1.29 is 14.4 Å². The number of rotatable bonds is 8. The van der Waals surface area contributed by atoms with Crippen LogP contribution in [0.25, 0.3) is 0 Å². The van der Waals surface area contributed by atoms with E-state index in [2.05, 4.69) is 15.3 Å². The first-order valence-corrected chi connectivity index (χ1v) is 5.90. The summed E-state index contributed by atoms with van der Waals surface area (Å²) < 4.78 is 9.77. The molecule has 0 unspecified atom stereocenters. The predicted molar refractivity (Wildman–Crippen MR) is 69.4 cm³/mol. The van der Waals surface area contributed by atoms with Crippen molar-refractivity contribution in [2.75, 3.05) is 32.7 Å². The molecule has 0 radical (unpaired) electrons. The highest BCUT2D eigenvalue weighted by atomic mass is 35.5. The molecule has 0 saturated heterocycles. The summed E-state index contributed by atoms with van der Waals surface area (Å²) in [4.78, 5) is 18.2. The zero-order chi connectivity index (χ0) is 14.3. The molecule has 0 aliphatic carbocycles. The maximum atomic E-state index is 10.9. The number of nitrogens with zero attached hydrogens (tertiary/aromatic N) is 3. The van der Waals surface area contributed by atoms with Gasteiger partial charge < -0.3 is 14.8 Å². The lowest BCUT2D eigenvalue weighted by molar-refractivity contribution is -0.384. The average molecular weight is 291 g/mol. The van der Waals surface area contributed by atoms with Gasteiger partial charge in [-0.25, -0.2) is 9.97 Å². The Morgan fingerprint density at radius 1 is 1.37 bits per heavy atom. The molecule has 0 bridgehead atoms. The maximum Gasteiger partial charge on any atom is 0.348 e. The van der Waals surface area contributed by atoms with Crippen LogP contribution in [0.2, 0.25) is 5.15 Å². The Labute approximate surface area is 115 Å². The molecule has 0 aliphatic rings. The lowest BCUT2D eigenvalue weighted by atomic mass is 10.4. The SMILES string of the molecule is COCCCNc1nc(COC)nc(Cl)c1[N+](=O)[O-]. The minimum atomic E-state index is -0.614. The number of ether oxygens (including phenoxy) is 2. The molecule has 0 fully saturated rings. The van der Waals surface area contributed by atoms with Gasteiger partial charge >= 0.3 is 5.69 Å². The molecule has 0 amide bonds. The van der Waals surface area contributed by atoms with Crippen molar-refractivity contribution >= 4 is 23.1 Å². The van der Waals surface area contributed by atoms with Crippen LogP contribution in [0.1, 0.15) is 12.2 Å². The van der Waals surface area contributed by atoms with Crippen LogP contribution in [0.3, 0.4) is 0 Å². The van der Waals surface area contributed by atoms with Crippen molar-refractivity contribution in [2.45, 2.75) is 13.0 Å². The maximum absolute atomic E-state index is 10.9. The van der Waals surface area contributed by atoms with E-state index in [1.54, 1.807) is 7.11 Å². The molecule has 1 aromatic rings. The Hall–Kier alpha value is -1.51. The summed E-state index contributed by atoms with van der Waals surface area (Å²) >= 11 is 5.79. The third kappa shape index (κ3) is 4.58. The van der Waals surface area contributed by atoms with Crippen molar-refractivity contribution in [3.8, 4) is 0 Å². The molecule has 1 aromatic heterocycles. The van der Waals surface area contributed by atoms with Crippen LogP contribution in [-0.2, 0) is 16.1 Å². The normalized spacial score (nSPS) is 10.5.